The Hall–Kier alpha value is -2.28. The molecule has 0 radical (unpaired) electrons. The normalized spacial score (nSPS) is 20.6. The molecule has 2 amide bonds. The molecule has 7 nitrogen and oxygen atoms in total. The Morgan fingerprint density at radius 3 is 2.67 bits per heavy atom. The molecular weight excluding hydrogens is 346 g/mol. The van der Waals surface area contributed by atoms with Gasteiger partial charge >= 0.3 is 0 Å². The van der Waals surface area contributed by atoms with Gasteiger partial charge in [0.05, 0.1) is 20.1 Å². The van der Waals surface area contributed by atoms with Gasteiger partial charge in [0.15, 0.2) is 11.5 Å². The number of likely N-dealkylation sites (tertiary alicyclic amines) is 1. The number of amides is 2. The third kappa shape index (κ3) is 4.91. The van der Waals surface area contributed by atoms with Crippen LogP contribution in [-0.2, 0) is 16.0 Å². The summed E-state index contributed by atoms with van der Waals surface area (Å²) in [6, 6.07) is 6.01. The van der Waals surface area contributed by atoms with Gasteiger partial charge in [0.2, 0.25) is 11.8 Å². The SMILES string of the molecule is COc1ccc(CCN2CC(C(=O)NC3CCNCC3)CC2=O)cc1OC. The molecule has 2 aliphatic heterocycles. The molecule has 1 aromatic rings. The molecule has 3 rings (SSSR count). The maximum Gasteiger partial charge on any atom is 0.225 e. The molecule has 2 saturated heterocycles. The van der Waals surface area contributed by atoms with Crippen LogP contribution in [0.25, 0.3) is 0 Å². The first kappa shape index (κ1) is 19.5. The van der Waals surface area contributed by atoms with Crippen molar-refractivity contribution in [3.05, 3.63) is 23.8 Å². The first-order chi connectivity index (χ1) is 13.1. The lowest BCUT2D eigenvalue weighted by Gasteiger charge is -2.25. The molecule has 2 heterocycles. The maximum atomic E-state index is 12.5. The fraction of sp³-hybridized carbons (Fsp3) is 0.600. The molecule has 148 valence electrons. The van der Waals surface area contributed by atoms with Gasteiger partial charge in [0.25, 0.3) is 0 Å². The van der Waals surface area contributed by atoms with Crippen molar-refractivity contribution in [1.82, 2.24) is 15.5 Å². The molecule has 7 heteroatoms. The largest absolute Gasteiger partial charge is 0.493 e. The fourth-order valence-corrected chi connectivity index (χ4v) is 3.75. The predicted molar refractivity (Wildman–Crippen MR) is 102 cm³/mol. The van der Waals surface area contributed by atoms with E-state index < -0.39 is 0 Å². The van der Waals surface area contributed by atoms with E-state index in [2.05, 4.69) is 10.6 Å². The highest BCUT2D eigenvalue weighted by Crippen LogP contribution is 2.28. The summed E-state index contributed by atoms with van der Waals surface area (Å²) in [5, 5.41) is 6.40. The third-order valence-electron chi connectivity index (χ3n) is 5.39. The van der Waals surface area contributed by atoms with Crippen molar-refractivity contribution in [2.45, 2.75) is 31.7 Å². The van der Waals surface area contributed by atoms with Gasteiger partial charge in [-0.2, -0.15) is 0 Å². The van der Waals surface area contributed by atoms with E-state index in [9.17, 15) is 9.59 Å². The van der Waals surface area contributed by atoms with Gasteiger partial charge in [0, 0.05) is 25.6 Å². The number of methoxy groups -OCH3 is 2. The Bertz CT molecular complexity index is 673. The zero-order valence-corrected chi connectivity index (χ0v) is 16.1. The molecule has 0 aromatic heterocycles. The lowest BCUT2D eigenvalue weighted by atomic mass is 10.0. The number of carbonyl (C=O) groups is 2. The second-order valence-corrected chi connectivity index (χ2v) is 7.21. The fourth-order valence-electron chi connectivity index (χ4n) is 3.75. The second-order valence-electron chi connectivity index (χ2n) is 7.21. The van der Waals surface area contributed by atoms with Crippen LogP contribution in [0.4, 0.5) is 0 Å². The van der Waals surface area contributed by atoms with Crippen LogP contribution >= 0.6 is 0 Å². The van der Waals surface area contributed by atoms with Gasteiger partial charge in [-0.1, -0.05) is 6.07 Å². The van der Waals surface area contributed by atoms with Crippen LogP contribution in [0.5, 0.6) is 11.5 Å². The maximum absolute atomic E-state index is 12.5. The van der Waals surface area contributed by atoms with E-state index in [1.54, 1.807) is 19.1 Å². The summed E-state index contributed by atoms with van der Waals surface area (Å²) in [5.41, 5.74) is 1.07. The highest BCUT2D eigenvalue weighted by molar-refractivity contribution is 5.89. The number of piperidine rings is 1. The van der Waals surface area contributed by atoms with Crippen molar-refractivity contribution in [3.63, 3.8) is 0 Å². The number of ether oxygens (including phenoxy) is 2. The minimum absolute atomic E-state index is 0.0175. The molecule has 1 atom stereocenters. The van der Waals surface area contributed by atoms with Crippen molar-refractivity contribution < 1.29 is 19.1 Å². The summed E-state index contributed by atoms with van der Waals surface area (Å²) in [4.78, 5) is 26.6. The van der Waals surface area contributed by atoms with E-state index in [0.29, 0.717) is 37.4 Å². The van der Waals surface area contributed by atoms with Gasteiger partial charge < -0.3 is 25.0 Å². The quantitative estimate of drug-likeness (QED) is 0.742. The van der Waals surface area contributed by atoms with E-state index in [-0.39, 0.29) is 23.8 Å². The Kier molecular flexibility index (Phi) is 6.55. The average Bonchev–Trinajstić information content (AvgIpc) is 3.07. The zero-order valence-electron chi connectivity index (χ0n) is 16.1. The number of rotatable bonds is 7. The second kappa shape index (κ2) is 9.08. The summed E-state index contributed by atoms with van der Waals surface area (Å²) < 4.78 is 10.6. The molecule has 0 aliphatic carbocycles. The number of hydrogen-bond donors (Lipinski definition) is 2. The minimum Gasteiger partial charge on any atom is -0.493 e. The van der Waals surface area contributed by atoms with E-state index in [1.807, 2.05) is 18.2 Å². The molecule has 0 bridgehead atoms. The van der Waals surface area contributed by atoms with Gasteiger partial charge in [-0.3, -0.25) is 9.59 Å². The van der Waals surface area contributed by atoms with Crippen LogP contribution in [0, 0.1) is 5.92 Å². The molecule has 1 aromatic carbocycles. The summed E-state index contributed by atoms with van der Waals surface area (Å²) in [6.45, 7) is 2.98. The molecule has 0 saturated carbocycles. The van der Waals surface area contributed by atoms with Gasteiger partial charge in [-0.25, -0.2) is 0 Å². The third-order valence-corrected chi connectivity index (χ3v) is 5.39. The van der Waals surface area contributed by atoms with E-state index in [0.717, 1.165) is 31.5 Å². The monoisotopic (exact) mass is 375 g/mol. The summed E-state index contributed by atoms with van der Waals surface area (Å²) >= 11 is 0. The Morgan fingerprint density at radius 2 is 1.96 bits per heavy atom. The van der Waals surface area contributed by atoms with Gasteiger partial charge in [0.1, 0.15) is 0 Å². The van der Waals surface area contributed by atoms with Crippen LogP contribution < -0.4 is 20.1 Å². The molecule has 0 spiro atoms. The predicted octanol–water partition coefficient (Wildman–Crippen LogP) is 0.963. The Morgan fingerprint density at radius 1 is 1.22 bits per heavy atom. The average molecular weight is 375 g/mol. The highest BCUT2D eigenvalue weighted by Gasteiger charge is 2.34. The lowest BCUT2D eigenvalue weighted by molar-refractivity contribution is -0.129. The van der Waals surface area contributed by atoms with Crippen molar-refractivity contribution >= 4 is 11.8 Å². The minimum atomic E-state index is -0.238. The highest BCUT2D eigenvalue weighted by atomic mass is 16.5. The van der Waals surface area contributed by atoms with E-state index in [4.69, 9.17) is 9.47 Å². The van der Waals surface area contributed by atoms with Crippen LogP contribution in [0.1, 0.15) is 24.8 Å². The first-order valence-electron chi connectivity index (χ1n) is 9.60. The summed E-state index contributed by atoms with van der Waals surface area (Å²) in [7, 11) is 3.21. The Labute approximate surface area is 160 Å². The van der Waals surface area contributed by atoms with E-state index >= 15 is 0 Å². The number of carbonyl (C=O) groups excluding carboxylic acids is 2. The van der Waals surface area contributed by atoms with Crippen LogP contribution in [-0.4, -0.2) is 63.2 Å². The van der Waals surface area contributed by atoms with Gasteiger partial charge in [-0.05, 0) is 50.0 Å². The topological polar surface area (TPSA) is 79.9 Å². The van der Waals surface area contributed by atoms with Crippen LogP contribution in [0.15, 0.2) is 18.2 Å². The molecule has 2 N–H and O–H groups in total. The molecular formula is C20H29N3O4. The lowest BCUT2D eigenvalue weighted by Crippen LogP contribution is -2.45. The number of nitrogens with zero attached hydrogens (tertiary/aromatic N) is 1. The zero-order chi connectivity index (χ0) is 19.2. The van der Waals surface area contributed by atoms with Crippen molar-refractivity contribution in [2.75, 3.05) is 40.4 Å². The number of nitrogens with one attached hydrogen (secondary N) is 2. The summed E-state index contributed by atoms with van der Waals surface area (Å²) in [6.07, 6.45) is 2.93. The number of hydrogen-bond acceptors (Lipinski definition) is 5. The van der Waals surface area contributed by atoms with Crippen molar-refractivity contribution in [2.24, 2.45) is 5.92 Å². The smallest absolute Gasteiger partial charge is 0.225 e. The van der Waals surface area contributed by atoms with Crippen LogP contribution in [0.2, 0.25) is 0 Å². The standard InChI is InChI=1S/C20H29N3O4/c1-26-17-4-3-14(11-18(17)27-2)7-10-23-13-15(12-19(23)24)20(25)22-16-5-8-21-9-6-16/h3-4,11,15-16,21H,5-10,12-13H2,1-2H3,(H,22,25). The first-order valence-corrected chi connectivity index (χ1v) is 9.60. The molecule has 27 heavy (non-hydrogen) atoms. The molecule has 2 fully saturated rings. The van der Waals surface area contributed by atoms with Gasteiger partial charge in [-0.15, -0.1) is 0 Å². The Balaban J connectivity index is 1.51. The van der Waals surface area contributed by atoms with E-state index in [1.165, 1.54) is 0 Å². The van der Waals surface area contributed by atoms with Crippen molar-refractivity contribution in [3.8, 4) is 11.5 Å². The molecule has 1 unspecified atom stereocenters. The number of benzene rings is 1. The molecule has 2 aliphatic rings. The van der Waals surface area contributed by atoms with Crippen LogP contribution in [0.3, 0.4) is 0 Å². The summed E-state index contributed by atoms with van der Waals surface area (Å²) in [5.74, 6) is 1.21. The van der Waals surface area contributed by atoms with Crippen molar-refractivity contribution in [1.29, 1.82) is 0 Å².